The standard InChI is InChI=1S/C19H22O2/c20-18(13-7-12-16-8-3-1-4-9-16)19(21)15-14-17-10-5-2-6-11-17/h1-6,8-11,19,21H,7,12-15H2. The van der Waals surface area contributed by atoms with Crippen LogP contribution in [0.15, 0.2) is 60.7 Å². The van der Waals surface area contributed by atoms with Crippen molar-refractivity contribution in [3.05, 3.63) is 71.8 Å². The van der Waals surface area contributed by atoms with Crippen molar-refractivity contribution in [2.24, 2.45) is 0 Å². The van der Waals surface area contributed by atoms with E-state index in [0.29, 0.717) is 12.8 Å². The van der Waals surface area contributed by atoms with Gasteiger partial charge in [0.05, 0.1) is 0 Å². The van der Waals surface area contributed by atoms with Crippen molar-refractivity contribution in [3.8, 4) is 0 Å². The highest BCUT2D eigenvalue weighted by Crippen LogP contribution is 2.10. The smallest absolute Gasteiger partial charge is 0.161 e. The average molecular weight is 282 g/mol. The maximum absolute atomic E-state index is 11.9. The normalized spacial score (nSPS) is 12.0. The Kier molecular flexibility index (Phi) is 6.17. The molecule has 110 valence electrons. The molecule has 0 saturated heterocycles. The van der Waals surface area contributed by atoms with Crippen LogP contribution in [0.2, 0.25) is 0 Å². The van der Waals surface area contributed by atoms with Gasteiger partial charge in [-0.3, -0.25) is 4.79 Å². The van der Waals surface area contributed by atoms with Gasteiger partial charge in [-0.2, -0.15) is 0 Å². The Bertz CT molecular complexity index is 534. The van der Waals surface area contributed by atoms with Gasteiger partial charge in [-0.1, -0.05) is 60.7 Å². The van der Waals surface area contributed by atoms with E-state index in [2.05, 4.69) is 12.1 Å². The van der Waals surface area contributed by atoms with Crippen molar-refractivity contribution < 1.29 is 9.90 Å². The largest absolute Gasteiger partial charge is 0.385 e. The lowest BCUT2D eigenvalue weighted by atomic mass is 10.00. The van der Waals surface area contributed by atoms with Gasteiger partial charge in [-0.15, -0.1) is 0 Å². The molecule has 2 aromatic rings. The lowest BCUT2D eigenvalue weighted by Crippen LogP contribution is -2.21. The number of aliphatic hydroxyl groups excluding tert-OH is 1. The van der Waals surface area contributed by atoms with E-state index in [1.54, 1.807) is 0 Å². The number of hydrogen-bond acceptors (Lipinski definition) is 2. The zero-order chi connectivity index (χ0) is 14.9. The van der Waals surface area contributed by atoms with Crippen molar-refractivity contribution in [1.29, 1.82) is 0 Å². The van der Waals surface area contributed by atoms with Crippen LogP contribution in [-0.2, 0) is 17.6 Å². The quantitative estimate of drug-likeness (QED) is 0.803. The zero-order valence-corrected chi connectivity index (χ0v) is 12.2. The Morgan fingerprint density at radius 3 is 1.95 bits per heavy atom. The SMILES string of the molecule is O=C(CCCc1ccccc1)C(O)CCc1ccccc1. The van der Waals surface area contributed by atoms with E-state index < -0.39 is 6.10 Å². The van der Waals surface area contributed by atoms with Crippen molar-refractivity contribution >= 4 is 5.78 Å². The number of aliphatic hydroxyl groups is 1. The van der Waals surface area contributed by atoms with E-state index in [0.717, 1.165) is 24.8 Å². The molecule has 0 aromatic heterocycles. The summed E-state index contributed by atoms with van der Waals surface area (Å²) < 4.78 is 0. The number of benzene rings is 2. The lowest BCUT2D eigenvalue weighted by molar-refractivity contribution is -0.127. The summed E-state index contributed by atoms with van der Waals surface area (Å²) in [5.41, 5.74) is 2.40. The summed E-state index contributed by atoms with van der Waals surface area (Å²) in [6.07, 6.45) is 2.55. The predicted molar refractivity (Wildman–Crippen MR) is 85.2 cm³/mol. The topological polar surface area (TPSA) is 37.3 Å². The fourth-order valence-corrected chi connectivity index (χ4v) is 2.39. The third-order valence-electron chi connectivity index (χ3n) is 3.65. The molecule has 1 atom stereocenters. The number of ketones is 1. The molecule has 0 aliphatic carbocycles. The first-order valence-electron chi connectivity index (χ1n) is 7.54. The molecule has 0 bridgehead atoms. The maximum atomic E-state index is 11.9. The molecular formula is C19H22O2. The second-order valence-corrected chi connectivity index (χ2v) is 5.35. The van der Waals surface area contributed by atoms with Crippen LogP contribution in [0.3, 0.4) is 0 Å². The number of Topliss-reactive ketones (excluding diaryl/α,β-unsaturated/α-hetero) is 1. The molecule has 1 unspecified atom stereocenters. The molecule has 0 fully saturated rings. The van der Waals surface area contributed by atoms with E-state index in [4.69, 9.17) is 0 Å². The molecule has 0 aliphatic heterocycles. The minimum Gasteiger partial charge on any atom is -0.385 e. The lowest BCUT2D eigenvalue weighted by Gasteiger charge is -2.09. The van der Waals surface area contributed by atoms with Gasteiger partial charge in [0.2, 0.25) is 0 Å². The van der Waals surface area contributed by atoms with Crippen LogP contribution < -0.4 is 0 Å². The van der Waals surface area contributed by atoms with E-state index in [-0.39, 0.29) is 5.78 Å². The van der Waals surface area contributed by atoms with Gasteiger partial charge in [0, 0.05) is 6.42 Å². The molecular weight excluding hydrogens is 260 g/mol. The van der Waals surface area contributed by atoms with Gasteiger partial charge in [0.25, 0.3) is 0 Å². The first-order chi connectivity index (χ1) is 10.3. The molecule has 21 heavy (non-hydrogen) atoms. The van der Waals surface area contributed by atoms with Gasteiger partial charge < -0.3 is 5.11 Å². The Labute approximate surface area is 126 Å². The van der Waals surface area contributed by atoms with Crippen molar-refractivity contribution in [1.82, 2.24) is 0 Å². The average Bonchev–Trinajstić information content (AvgIpc) is 2.54. The van der Waals surface area contributed by atoms with Gasteiger partial charge in [-0.05, 0) is 36.8 Å². The Morgan fingerprint density at radius 1 is 0.857 bits per heavy atom. The minimum absolute atomic E-state index is 0.0399. The monoisotopic (exact) mass is 282 g/mol. The third-order valence-corrected chi connectivity index (χ3v) is 3.65. The van der Waals surface area contributed by atoms with Crippen molar-refractivity contribution in [3.63, 3.8) is 0 Å². The van der Waals surface area contributed by atoms with Crippen LogP contribution in [0, 0.1) is 0 Å². The molecule has 0 heterocycles. The Hall–Kier alpha value is -1.93. The molecule has 0 aliphatic rings. The van der Waals surface area contributed by atoms with E-state index in [1.807, 2.05) is 48.5 Å². The van der Waals surface area contributed by atoms with Gasteiger partial charge in [0.15, 0.2) is 5.78 Å². The summed E-state index contributed by atoms with van der Waals surface area (Å²) >= 11 is 0. The highest BCUT2D eigenvalue weighted by Gasteiger charge is 2.14. The zero-order valence-electron chi connectivity index (χ0n) is 12.2. The summed E-state index contributed by atoms with van der Waals surface area (Å²) in [5.74, 6) is -0.0399. The summed E-state index contributed by atoms with van der Waals surface area (Å²) in [7, 11) is 0. The molecule has 2 heteroatoms. The van der Waals surface area contributed by atoms with Crippen LogP contribution in [0.5, 0.6) is 0 Å². The highest BCUT2D eigenvalue weighted by molar-refractivity contribution is 5.82. The first-order valence-corrected chi connectivity index (χ1v) is 7.54. The van der Waals surface area contributed by atoms with Crippen LogP contribution >= 0.6 is 0 Å². The van der Waals surface area contributed by atoms with E-state index >= 15 is 0 Å². The number of carbonyl (C=O) groups excluding carboxylic acids is 1. The number of hydrogen-bond donors (Lipinski definition) is 1. The maximum Gasteiger partial charge on any atom is 0.161 e. The third kappa shape index (κ3) is 5.52. The van der Waals surface area contributed by atoms with Crippen molar-refractivity contribution in [2.75, 3.05) is 0 Å². The molecule has 2 rings (SSSR count). The van der Waals surface area contributed by atoms with Crippen LogP contribution in [0.25, 0.3) is 0 Å². The number of aryl methyl sites for hydroxylation is 2. The highest BCUT2D eigenvalue weighted by atomic mass is 16.3. The van der Waals surface area contributed by atoms with Crippen molar-refractivity contribution in [2.45, 2.75) is 38.2 Å². The Morgan fingerprint density at radius 2 is 1.38 bits per heavy atom. The molecule has 1 N–H and O–H groups in total. The van der Waals surface area contributed by atoms with Gasteiger partial charge >= 0.3 is 0 Å². The van der Waals surface area contributed by atoms with Crippen LogP contribution in [0.1, 0.15) is 30.4 Å². The van der Waals surface area contributed by atoms with Gasteiger partial charge in [-0.25, -0.2) is 0 Å². The van der Waals surface area contributed by atoms with E-state index in [1.165, 1.54) is 5.56 Å². The fourth-order valence-electron chi connectivity index (χ4n) is 2.39. The second kappa shape index (κ2) is 8.38. The summed E-state index contributed by atoms with van der Waals surface area (Å²) in [5, 5.41) is 9.93. The molecule has 0 radical (unpaired) electrons. The molecule has 0 amide bonds. The second-order valence-electron chi connectivity index (χ2n) is 5.35. The molecule has 2 aromatic carbocycles. The fraction of sp³-hybridized carbons (Fsp3) is 0.316. The van der Waals surface area contributed by atoms with Crippen LogP contribution in [0.4, 0.5) is 0 Å². The van der Waals surface area contributed by atoms with Crippen LogP contribution in [-0.4, -0.2) is 17.0 Å². The summed E-state index contributed by atoms with van der Waals surface area (Å²) in [4.78, 5) is 11.9. The Balaban J connectivity index is 1.68. The van der Waals surface area contributed by atoms with E-state index in [9.17, 15) is 9.90 Å². The number of carbonyl (C=O) groups is 1. The molecule has 0 saturated carbocycles. The minimum atomic E-state index is -0.832. The number of rotatable bonds is 8. The molecule has 0 spiro atoms. The molecule has 2 nitrogen and oxygen atoms in total. The predicted octanol–water partition coefficient (Wildman–Crippen LogP) is 3.57. The summed E-state index contributed by atoms with van der Waals surface area (Å²) in [6.45, 7) is 0. The summed E-state index contributed by atoms with van der Waals surface area (Å²) in [6, 6.07) is 20.1. The van der Waals surface area contributed by atoms with Gasteiger partial charge in [0.1, 0.15) is 6.10 Å². The first kappa shape index (κ1) is 15.5.